The molecule has 2 aromatic heterocycles. The summed E-state index contributed by atoms with van der Waals surface area (Å²) in [7, 11) is 0. The molecule has 0 saturated heterocycles. The van der Waals surface area contributed by atoms with E-state index in [9.17, 15) is 19.7 Å². The van der Waals surface area contributed by atoms with Gasteiger partial charge in [-0.3, -0.25) is 14.9 Å². The van der Waals surface area contributed by atoms with Gasteiger partial charge in [0.25, 0.3) is 5.91 Å². The minimum absolute atomic E-state index is 0.120. The van der Waals surface area contributed by atoms with Crippen LogP contribution in [-0.2, 0) is 14.3 Å². The molecule has 1 N–H and O–H groups in total. The molecule has 9 heteroatoms. The molecule has 0 unspecified atom stereocenters. The molecule has 0 aliphatic carbocycles. The van der Waals surface area contributed by atoms with Crippen LogP contribution >= 0.6 is 0 Å². The van der Waals surface area contributed by atoms with Crippen LogP contribution in [-0.4, -0.2) is 23.4 Å². The monoisotopic (exact) mass is 334 g/mol. The summed E-state index contributed by atoms with van der Waals surface area (Å²) in [6.07, 6.45) is 3.70. The summed E-state index contributed by atoms with van der Waals surface area (Å²) in [4.78, 5) is 32.9. The first-order valence-electron chi connectivity index (χ1n) is 6.87. The first-order chi connectivity index (χ1) is 11.5. The first-order valence-corrected chi connectivity index (χ1v) is 6.87. The molecule has 0 aromatic carbocycles. The van der Waals surface area contributed by atoms with E-state index in [4.69, 9.17) is 13.6 Å². The largest absolute Gasteiger partial charge is 0.467 e. The second-order valence-corrected chi connectivity index (χ2v) is 4.68. The van der Waals surface area contributed by atoms with E-state index in [1.54, 1.807) is 19.1 Å². The van der Waals surface area contributed by atoms with E-state index in [0.29, 0.717) is 5.76 Å². The second-order valence-electron chi connectivity index (χ2n) is 4.68. The molecule has 9 nitrogen and oxygen atoms in total. The summed E-state index contributed by atoms with van der Waals surface area (Å²) in [5, 5.41) is 13.0. The number of esters is 1. The first kappa shape index (κ1) is 17.0. The van der Waals surface area contributed by atoms with Gasteiger partial charge in [0.05, 0.1) is 18.4 Å². The number of nitrogens with one attached hydrogen (secondary N) is 1. The Morgan fingerprint density at radius 2 is 2.21 bits per heavy atom. The Kier molecular flexibility index (Phi) is 5.50. The molecule has 126 valence electrons. The van der Waals surface area contributed by atoms with Gasteiger partial charge in [0.1, 0.15) is 16.4 Å². The van der Waals surface area contributed by atoms with E-state index >= 15 is 0 Å². The van der Waals surface area contributed by atoms with Crippen LogP contribution in [0.5, 0.6) is 0 Å². The van der Waals surface area contributed by atoms with Crippen LogP contribution in [0.2, 0.25) is 0 Å². The van der Waals surface area contributed by atoms with Crippen molar-refractivity contribution >= 4 is 23.8 Å². The molecule has 2 heterocycles. The topological polar surface area (TPSA) is 125 Å². The smallest absolute Gasteiger partial charge is 0.433 e. The third-order valence-electron chi connectivity index (χ3n) is 2.87. The number of hydrogen-bond donors (Lipinski definition) is 1. The molecule has 0 fully saturated rings. The lowest BCUT2D eigenvalue weighted by Gasteiger charge is -2.10. The average Bonchev–Trinajstić information content (AvgIpc) is 3.22. The van der Waals surface area contributed by atoms with Crippen molar-refractivity contribution in [3.63, 3.8) is 0 Å². The van der Waals surface area contributed by atoms with Crippen molar-refractivity contribution < 1.29 is 28.1 Å². The minimum Gasteiger partial charge on any atom is -0.467 e. The van der Waals surface area contributed by atoms with Crippen LogP contribution in [0.1, 0.15) is 24.5 Å². The molecule has 0 radical (unpaired) electrons. The molecule has 0 saturated carbocycles. The fourth-order valence-corrected chi connectivity index (χ4v) is 1.76. The van der Waals surface area contributed by atoms with Crippen molar-refractivity contribution in [2.24, 2.45) is 0 Å². The Bertz CT molecular complexity index is 746. The molecular weight excluding hydrogens is 320 g/mol. The number of nitrogens with zero attached hydrogens (tertiary/aromatic N) is 1. The van der Waals surface area contributed by atoms with Crippen LogP contribution in [0.3, 0.4) is 0 Å². The number of furan rings is 2. The highest BCUT2D eigenvalue weighted by atomic mass is 16.6. The molecular formula is C15H14N2O7. The van der Waals surface area contributed by atoms with E-state index in [-0.39, 0.29) is 11.8 Å². The fraction of sp³-hybridized carbons (Fsp3) is 0.200. The van der Waals surface area contributed by atoms with E-state index in [1.807, 2.05) is 0 Å². The van der Waals surface area contributed by atoms with Gasteiger partial charge in [-0.05, 0) is 31.2 Å². The van der Waals surface area contributed by atoms with E-state index in [0.717, 1.165) is 12.1 Å². The highest BCUT2D eigenvalue weighted by molar-refractivity contribution is 5.89. The summed E-state index contributed by atoms with van der Waals surface area (Å²) in [5.74, 6) is -1.01. The molecule has 2 rings (SSSR count). The summed E-state index contributed by atoms with van der Waals surface area (Å²) in [6.45, 7) is 1.26. The van der Waals surface area contributed by atoms with Gasteiger partial charge in [0, 0.05) is 6.08 Å². The number of carbonyl (C=O) groups is 2. The van der Waals surface area contributed by atoms with Crippen molar-refractivity contribution in [3.8, 4) is 0 Å². The number of hydrogen-bond acceptors (Lipinski definition) is 7. The molecule has 0 aliphatic heterocycles. The van der Waals surface area contributed by atoms with E-state index < -0.39 is 29.3 Å². The zero-order valence-electron chi connectivity index (χ0n) is 12.6. The Morgan fingerprint density at radius 1 is 1.42 bits per heavy atom. The molecule has 0 aliphatic rings. The zero-order valence-corrected chi connectivity index (χ0v) is 12.6. The Morgan fingerprint density at radius 3 is 2.83 bits per heavy atom. The van der Waals surface area contributed by atoms with Crippen LogP contribution < -0.4 is 5.32 Å². The van der Waals surface area contributed by atoms with Gasteiger partial charge in [-0.15, -0.1) is 0 Å². The summed E-state index contributed by atoms with van der Waals surface area (Å²) in [5.41, 5.74) is 0. The van der Waals surface area contributed by atoms with Crippen molar-refractivity contribution in [1.82, 2.24) is 5.32 Å². The molecule has 1 amide bonds. The van der Waals surface area contributed by atoms with Crippen LogP contribution in [0, 0.1) is 10.1 Å². The molecule has 2 aromatic rings. The second kappa shape index (κ2) is 7.77. The van der Waals surface area contributed by atoms with Gasteiger partial charge >= 0.3 is 11.9 Å². The van der Waals surface area contributed by atoms with Gasteiger partial charge in [0.2, 0.25) is 0 Å². The third-order valence-corrected chi connectivity index (χ3v) is 2.87. The normalized spacial score (nSPS) is 12.0. The van der Waals surface area contributed by atoms with Gasteiger partial charge in [0.15, 0.2) is 6.61 Å². The highest BCUT2D eigenvalue weighted by Crippen LogP contribution is 2.16. The van der Waals surface area contributed by atoms with Gasteiger partial charge < -0.3 is 18.9 Å². The fourth-order valence-electron chi connectivity index (χ4n) is 1.76. The standard InChI is InChI=1S/C15H14N2O7/c1-10(12-3-2-8-22-12)16-13(18)9-23-15(19)7-5-11-4-6-14(24-11)17(20)21/h2-8,10H,9H2,1H3,(H,16,18)/b7-5+/t10-/m0/s1. The maximum absolute atomic E-state index is 11.7. The Balaban J connectivity index is 1.76. The maximum Gasteiger partial charge on any atom is 0.433 e. The number of amides is 1. The number of rotatable bonds is 7. The average molecular weight is 334 g/mol. The minimum atomic E-state index is -0.783. The maximum atomic E-state index is 11.7. The van der Waals surface area contributed by atoms with Gasteiger partial charge in [-0.1, -0.05) is 0 Å². The lowest BCUT2D eigenvalue weighted by molar-refractivity contribution is -0.402. The lowest BCUT2D eigenvalue weighted by atomic mass is 10.2. The predicted octanol–water partition coefficient (Wildman–Crippen LogP) is 2.21. The zero-order chi connectivity index (χ0) is 17.5. The van der Waals surface area contributed by atoms with Crippen LogP contribution in [0.15, 0.2) is 45.4 Å². The number of nitro groups is 1. The Labute approximate surface area is 136 Å². The molecule has 24 heavy (non-hydrogen) atoms. The number of ether oxygens (including phenoxy) is 1. The third kappa shape index (κ3) is 4.83. The number of carbonyl (C=O) groups excluding carboxylic acids is 2. The quantitative estimate of drug-likeness (QED) is 0.356. The van der Waals surface area contributed by atoms with Crippen molar-refractivity contribution in [1.29, 1.82) is 0 Å². The molecule has 0 bridgehead atoms. The van der Waals surface area contributed by atoms with Crippen molar-refractivity contribution in [2.75, 3.05) is 6.61 Å². The summed E-state index contributed by atoms with van der Waals surface area (Å²) >= 11 is 0. The summed E-state index contributed by atoms with van der Waals surface area (Å²) < 4.78 is 14.7. The van der Waals surface area contributed by atoms with E-state index in [1.165, 1.54) is 18.4 Å². The van der Waals surface area contributed by atoms with Gasteiger partial charge in [-0.2, -0.15) is 0 Å². The predicted molar refractivity (Wildman–Crippen MR) is 80.6 cm³/mol. The van der Waals surface area contributed by atoms with Gasteiger partial charge in [-0.25, -0.2) is 4.79 Å². The van der Waals surface area contributed by atoms with Crippen molar-refractivity contribution in [3.05, 3.63) is 58.2 Å². The Hall–Kier alpha value is -3.36. The SMILES string of the molecule is C[C@H](NC(=O)COC(=O)/C=C/c1ccc([N+](=O)[O-])o1)c1ccco1. The summed E-state index contributed by atoms with van der Waals surface area (Å²) in [6, 6.07) is 5.54. The lowest BCUT2D eigenvalue weighted by Crippen LogP contribution is -2.30. The molecule has 1 atom stereocenters. The molecule has 0 spiro atoms. The van der Waals surface area contributed by atoms with Crippen LogP contribution in [0.4, 0.5) is 5.88 Å². The van der Waals surface area contributed by atoms with Crippen molar-refractivity contribution in [2.45, 2.75) is 13.0 Å². The highest BCUT2D eigenvalue weighted by Gasteiger charge is 2.13. The van der Waals surface area contributed by atoms with Crippen LogP contribution in [0.25, 0.3) is 6.08 Å². The van der Waals surface area contributed by atoms with E-state index in [2.05, 4.69) is 5.32 Å².